The van der Waals surface area contributed by atoms with E-state index in [-0.39, 0.29) is 11.1 Å². The van der Waals surface area contributed by atoms with Crippen molar-refractivity contribution in [2.75, 3.05) is 6.61 Å². The first-order valence-electron chi connectivity index (χ1n) is 8.33. The molecule has 0 atom stereocenters. The Labute approximate surface area is 156 Å². The van der Waals surface area contributed by atoms with Gasteiger partial charge in [0.25, 0.3) is 11.1 Å². The summed E-state index contributed by atoms with van der Waals surface area (Å²) in [4.78, 5) is 22.9. The summed E-state index contributed by atoms with van der Waals surface area (Å²) >= 11 is 0.939. The van der Waals surface area contributed by atoms with Crippen LogP contribution in [0.15, 0.2) is 65.6 Å². The van der Waals surface area contributed by atoms with Crippen molar-refractivity contribution in [2.45, 2.75) is 19.4 Å². The molecule has 5 nitrogen and oxygen atoms in total. The first kappa shape index (κ1) is 18.1. The van der Waals surface area contributed by atoms with Gasteiger partial charge in [0.1, 0.15) is 18.1 Å². The Hall–Kier alpha value is -2.73. The van der Waals surface area contributed by atoms with Crippen molar-refractivity contribution in [1.29, 1.82) is 0 Å². The van der Waals surface area contributed by atoms with Crippen LogP contribution in [0.2, 0.25) is 0 Å². The fraction of sp³-hybridized carbons (Fsp3) is 0.200. The molecule has 0 aromatic heterocycles. The molecule has 1 N–H and O–H groups in total. The maximum atomic E-state index is 11.4. The maximum Gasteiger partial charge on any atom is 0.290 e. The summed E-state index contributed by atoms with van der Waals surface area (Å²) in [5.74, 6) is 1.25. The van der Waals surface area contributed by atoms with Crippen LogP contribution in [0.1, 0.15) is 18.4 Å². The van der Waals surface area contributed by atoms with Crippen molar-refractivity contribution < 1.29 is 19.1 Å². The highest BCUT2D eigenvalue weighted by molar-refractivity contribution is 8.18. The quantitative estimate of drug-likeness (QED) is 0.555. The van der Waals surface area contributed by atoms with E-state index < -0.39 is 0 Å². The molecular formula is C20H19NO4S. The Balaban J connectivity index is 1.37. The highest BCUT2D eigenvalue weighted by Crippen LogP contribution is 2.24. The SMILES string of the molecule is O=C1NC(=O)C(=CCCCOc2ccc(OCc3ccccc3)cc2)S1. The number of thioether (sulfide) groups is 1. The van der Waals surface area contributed by atoms with E-state index >= 15 is 0 Å². The minimum atomic E-state index is -0.313. The second-order valence-corrected chi connectivity index (χ2v) is 6.66. The van der Waals surface area contributed by atoms with Crippen molar-refractivity contribution in [3.8, 4) is 11.5 Å². The van der Waals surface area contributed by atoms with Crippen LogP contribution in [-0.4, -0.2) is 17.8 Å². The van der Waals surface area contributed by atoms with E-state index in [4.69, 9.17) is 9.47 Å². The molecular weight excluding hydrogens is 350 g/mol. The van der Waals surface area contributed by atoms with Gasteiger partial charge in [-0.15, -0.1) is 0 Å². The number of imide groups is 1. The van der Waals surface area contributed by atoms with Gasteiger partial charge in [-0.25, -0.2) is 0 Å². The Bertz CT molecular complexity index is 787. The topological polar surface area (TPSA) is 64.6 Å². The standard InChI is InChI=1S/C20H19NO4S/c22-19-18(26-20(23)21-19)8-4-5-13-24-16-9-11-17(12-10-16)25-14-15-6-2-1-3-7-15/h1-3,6-12H,4-5,13-14H2,(H,21,22,23). The third-order valence-electron chi connectivity index (χ3n) is 3.66. The molecule has 26 heavy (non-hydrogen) atoms. The number of ether oxygens (including phenoxy) is 2. The van der Waals surface area contributed by atoms with Gasteiger partial charge >= 0.3 is 0 Å². The summed E-state index contributed by atoms with van der Waals surface area (Å²) in [7, 11) is 0. The van der Waals surface area contributed by atoms with Crippen molar-refractivity contribution >= 4 is 22.9 Å². The number of carbonyl (C=O) groups excluding carboxylic acids is 2. The Morgan fingerprint density at radius 1 is 0.923 bits per heavy atom. The lowest BCUT2D eigenvalue weighted by Crippen LogP contribution is -2.17. The Morgan fingerprint density at radius 3 is 2.27 bits per heavy atom. The number of hydrogen-bond acceptors (Lipinski definition) is 5. The third-order valence-corrected chi connectivity index (χ3v) is 4.52. The minimum Gasteiger partial charge on any atom is -0.494 e. The fourth-order valence-corrected chi connectivity index (χ4v) is 3.03. The number of benzene rings is 2. The van der Waals surface area contributed by atoms with E-state index in [2.05, 4.69) is 5.32 Å². The lowest BCUT2D eigenvalue weighted by atomic mass is 10.2. The highest BCUT2D eigenvalue weighted by atomic mass is 32.2. The van der Waals surface area contributed by atoms with Gasteiger partial charge in [-0.1, -0.05) is 36.4 Å². The summed E-state index contributed by atoms with van der Waals surface area (Å²) in [6.45, 7) is 1.07. The van der Waals surface area contributed by atoms with E-state index in [1.165, 1.54) is 0 Å². The van der Waals surface area contributed by atoms with Crippen LogP contribution in [0.5, 0.6) is 11.5 Å². The molecule has 0 radical (unpaired) electrons. The predicted molar refractivity (Wildman–Crippen MR) is 101 cm³/mol. The smallest absolute Gasteiger partial charge is 0.290 e. The number of hydrogen-bond donors (Lipinski definition) is 1. The van der Waals surface area contributed by atoms with E-state index in [0.717, 1.165) is 35.2 Å². The zero-order chi connectivity index (χ0) is 18.2. The summed E-state index contributed by atoms with van der Waals surface area (Å²) in [6, 6.07) is 17.5. The zero-order valence-corrected chi connectivity index (χ0v) is 15.0. The van der Waals surface area contributed by atoms with Crippen LogP contribution in [0.3, 0.4) is 0 Å². The highest BCUT2D eigenvalue weighted by Gasteiger charge is 2.24. The predicted octanol–water partition coefficient (Wildman–Crippen LogP) is 4.29. The largest absolute Gasteiger partial charge is 0.494 e. The number of carbonyl (C=O) groups is 2. The molecule has 1 aliphatic heterocycles. The molecule has 2 aromatic carbocycles. The van der Waals surface area contributed by atoms with Gasteiger partial charge in [0.2, 0.25) is 0 Å². The summed E-state index contributed by atoms with van der Waals surface area (Å²) in [5, 5.41) is 1.92. The molecule has 2 aromatic rings. The number of allylic oxidation sites excluding steroid dienone is 1. The van der Waals surface area contributed by atoms with Gasteiger partial charge in [0, 0.05) is 0 Å². The molecule has 1 aliphatic rings. The van der Waals surface area contributed by atoms with Gasteiger partial charge in [0.05, 0.1) is 11.5 Å². The molecule has 0 unspecified atom stereocenters. The van der Waals surface area contributed by atoms with Gasteiger partial charge < -0.3 is 9.47 Å². The lowest BCUT2D eigenvalue weighted by molar-refractivity contribution is -0.115. The number of unbranched alkanes of at least 4 members (excludes halogenated alkanes) is 1. The van der Waals surface area contributed by atoms with E-state index in [0.29, 0.717) is 24.5 Å². The van der Waals surface area contributed by atoms with Crippen LogP contribution in [0, 0.1) is 0 Å². The van der Waals surface area contributed by atoms with Crippen molar-refractivity contribution in [2.24, 2.45) is 0 Å². The van der Waals surface area contributed by atoms with Crippen LogP contribution in [0.25, 0.3) is 0 Å². The van der Waals surface area contributed by atoms with Crippen LogP contribution < -0.4 is 14.8 Å². The fourth-order valence-electron chi connectivity index (χ4n) is 2.34. The molecule has 3 rings (SSSR count). The Morgan fingerprint density at radius 2 is 1.62 bits per heavy atom. The molecule has 1 heterocycles. The van der Waals surface area contributed by atoms with Gasteiger partial charge in [0.15, 0.2) is 0 Å². The third kappa shape index (κ3) is 5.39. The minimum absolute atomic E-state index is 0.313. The maximum absolute atomic E-state index is 11.4. The average Bonchev–Trinajstić information content (AvgIpc) is 2.99. The van der Waals surface area contributed by atoms with E-state index in [1.807, 2.05) is 54.6 Å². The van der Waals surface area contributed by atoms with E-state index in [1.54, 1.807) is 6.08 Å². The molecule has 0 spiro atoms. The first-order valence-corrected chi connectivity index (χ1v) is 9.15. The normalized spacial score (nSPS) is 15.2. The summed E-state index contributed by atoms with van der Waals surface area (Å²) in [6.07, 6.45) is 3.22. The molecule has 0 aliphatic carbocycles. The molecule has 134 valence electrons. The van der Waals surface area contributed by atoms with Gasteiger partial charge in [-0.3, -0.25) is 14.9 Å². The van der Waals surface area contributed by atoms with Crippen molar-refractivity contribution in [1.82, 2.24) is 5.32 Å². The van der Waals surface area contributed by atoms with Crippen LogP contribution in [0.4, 0.5) is 4.79 Å². The van der Waals surface area contributed by atoms with Gasteiger partial charge in [-0.05, 0) is 54.4 Å². The van der Waals surface area contributed by atoms with Crippen LogP contribution in [-0.2, 0) is 11.4 Å². The Kier molecular flexibility index (Phi) is 6.33. The molecule has 1 saturated heterocycles. The lowest BCUT2D eigenvalue weighted by Gasteiger charge is -2.08. The zero-order valence-electron chi connectivity index (χ0n) is 14.1. The van der Waals surface area contributed by atoms with Crippen molar-refractivity contribution in [3.63, 3.8) is 0 Å². The molecule has 6 heteroatoms. The molecule has 0 bridgehead atoms. The monoisotopic (exact) mass is 369 g/mol. The second-order valence-electron chi connectivity index (χ2n) is 5.65. The summed E-state index contributed by atoms with van der Waals surface area (Å²) in [5.41, 5.74) is 1.12. The number of amides is 2. The molecule has 2 amide bonds. The molecule has 1 fully saturated rings. The van der Waals surface area contributed by atoms with Crippen LogP contribution >= 0.6 is 11.8 Å². The summed E-state index contributed by atoms with van der Waals surface area (Å²) < 4.78 is 11.4. The number of nitrogens with one attached hydrogen (secondary N) is 1. The second kappa shape index (κ2) is 9.10. The van der Waals surface area contributed by atoms with Gasteiger partial charge in [-0.2, -0.15) is 0 Å². The van der Waals surface area contributed by atoms with E-state index in [9.17, 15) is 9.59 Å². The molecule has 0 saturated carbocycles. The van der Waals surface area contributed by atoms with Crippen molar-refractivity contribution in [3.05, 3.63) is 71.1 Å². The average molecular weight is 369 g/mol. The first-order chi connectivity index (χ1) is 12.7. The number of rotatable bonds is 8.